The number of hydrogen-bond donors (Lipinski definition) is 2. The molecule has 0 aromatic carbocycles. The average molecular weight is 266 g/mol. The second kappa shape index (κ2) is 5.41. The zero-order valence-corrected chi connectivity index (χ0v) is 12.5. The van der Waals surface area contributed by atoms with Gasteiger partial charge in [-0.25, -0.2) is 0 Å². The first kappa shape index (κ1) is 14.2. The number of aromatic nitrogens is 2. The van der Waals surface area contributed by atoms with E-state index in [4.69, 9.17) is 10.5 Å². The summed E-state index contributed by atoms with van der Waals surface area (Å²) < 4.78 is 7.61. The van der Waals surface area contributed by atoms with Crippen LogP contribution in [0.3, 0.4) is 0 Å². The predicted molar refractivity (Wildman–Crippen MR) is 78.3 cm³/mol. The number of nitrogens with one attached hydrogen (secondary N) is 1. The lowest BCUT2D eigenvalue weighted by Gasteiger charge is -2.36. The molecule has 1 aromatic heterocycles. The van der Waals surface area contributed by atoms with Crippen molar-refractivity contribution < 1.29 is 4.74 Å². The van der Waals surface area contributed by atoms with Gasteiger partial charge in [-0.1, -0.05) is 13.3 Å². The summed E-state index contributed by atoms with van der Waals surface area (Å²) in [4.78, 5) is 0. The summed E-state index contributed by atoms with van der Waals surface area (Å²) in [6, 6.07) is 0.399. The van der Waals surface area contributed by atoms with Crippen LogP contribution >= 0.6 is 0 Å². The van der Waals surface area contributed by atoms with Crippen LogP contribution in [0.2, 0.25) is 0 Å². The lowest BCUT2D eigenvalue weighted by molar-refractivity contribution is -0.0553. The minimum absolute atomic E-state index is 0.0600. The van der Waals surface area contributed by atoms with E-state index in [-0.39, 0.29) is 5.60 Å². The summed E-state index contributed by atoms with van der Waals surface area (Å²) in [6.07, 6.45) is 3.99. The number of anilines is 2. The van der Waals surface area contributed by atoms with Gasteiger partial charge in [-0.2, -0.15) is 5.10 Å². The molecule has 0 bridgehead atoms. The molecule has 5 heteroatoms. The van der Waals surface area contributed by atoms with Crippen LogP contribution in [0.25, 0.3) is 0 Å². The molecule has 1 aliphatic rings. The van der Waals surface area contributed by atoms with Gasteiger partial charge in [0, 0.05) is 19.7 Å². The Morgan fingerprint density at radius 3 is 2.89 bits per heavy atom. The third-order valence-electron chi connectivity index (χ3n) is 3.69. The van der Waals surface area contributed by atoms with E-state index in [1.54, 1.807) is 0 Å². The van der Waals surface area contributed by atoms with Crippen molar-refractivity contribution in [3.8, 4) is 0 Å². The molecule has 0 radical (unpaired) electrons. The number of nitrogens with two attached hydrogens (primary N) is 1. The normalized spacial score (nSPS) is 22.4. The Morgan fingerprint density at radius 2 is 2.26 bits per heavy atom. The number of nitrogens with zero attached hydrogens (tertiary/aromatic N) is 2. The molecule has 1 saturated heterocycles. The predicted octanol–water partition coefficient (Wildman–Crippen LogP) is 2.32. The van der Waals surface area contributed by atoms with E-state index in [9.17, 15) is 0 Å². The highest BCUT2D eigenvalue weighted by Crippen LogP contribution is 2.29. The van der Waals surface area contributed by atoms with Crippen molar-refractivity contribution in [2.24, 2.45) is 7.05 Å². The maximum atomic E-state index is 6.20. The number of aryl methyl sites for hydroxylation is 2. The summed E-state index contributed by atoms with van der Waals surface area (Å²) in [5.74, 6) is 0.950. The van der Waals surface area contributed by atoms with Crippen molar-refractivity contribution in [2.75, 3.05) is 17.7 Å². The summed E-state index contributed by atoms with van der Waals surface area (Å²) in [6.45, 7) is 7.21. The van der Waals surface area contributed by atoms with Crippen molar-refractivity contribution in [1.82, 2.24) is 9.78 Å². The van der Waals surface area contributed by atoms with Crippen LogP contribution < -0.4 is 11.1 Å². The number of hydrogen-bond acceptors (Lipinski definition) is 4. The van der Waals surface area contributed by atoms with Gasteiger partial charge in [0.05, 0.1) is 17.0 Å². The van der Waals surface area contributed by atoms with E-state index in [2.05, 4.69) is 31.2 Å². The van der Waals surface area contributed by atoms with Gasteiger partial charge in [-0.3, -0.25) is 4.68 Å². The van der Waals surface area contributed by atoms with Gasteiger partial charge >= 0.3 is 0 Å². The summed E-state index contributed by atoms with van der Waals surface area (Å²) in [5, 5.41) is 8.05. The number of ether oxygens (including phenoxy) is 1. The Hall–Kier alpha value is -1.23. The first-order chi connectivity index (χ1) is 8.93. The molecule has 0 saturated carbocycles. The van der Waals surface area contributed by atoms with E-state index in [1.807, 2.05) is 11.7 Å². The molecule has 1 fully saturated rings. The SMILES string of the molecule is CCCc1nn(C)c(NC2CCOC(C)(C)C2)c1N. The van der Waals surface area contributed by atoms with Crippen LogP contribution in [0.15, 0.2) is 0 Å². The average Bonchev–Trinajstić information content (AvgIpc) is 2.56. The van der Waals surface area contributed by atoms with Crippen LogP contribution in [0.4, 0.5) is 11.5 Å². The van der Waals surface area contributed by atoms with E-state index in [0.717, 1.165) is 49.5 Å². The maximum absolute atomic E-state index is 6.20. The number of rotatable bonds is 4. The molecule has 1 atom stereocenters. The lowest BCUT2D eigenvalue weighted by atomic mass is 9.94. The van der Waals surface area contributed by atoms with E-state index in [1.165, 1.54) is 0 Å². The van der Waals surface area contributed by atoms with E-state index >= 15 is 0 Å². The maximum Gasteiger partial charge on any atom is 0.148 e. The Morgan fingerprint density at radius 1 is 1.53 bits per heavy atom. The van der Waals surface area contributed by atoms with Crippen molar-refractivity contribution in [3.63, 3.8) is 0 Å². The molecule has 1 unspecified atom stereocenters. The molecule has 0 aliphatic carbocycles. The van der Waals surface area contributed by atoms with Crippen molar-refractivity contribution in [1.29, 1.82) is 0 Å². The molecule has 5 nitrogen and oxygen atoms in total. The largest absolute Gasteiger partial charge is 0.394 e. The van der Waals surface area contributed by atoms with Crippen LogP contribution in [0.1, 0.15) is 45.7 Å². The Bertz CT molecular complexity index is 439. The molecule has 0 spiro atoms. The highest BCUT2D eigenvalue weighted by atomic mass is 16.5. The van der Waals surface area contributed by atoms with Crippen LogP contribution in [0.5, 0.6) is 0 Å². The van der Waals surface area contributed by atoms with E-state index < -0.39 is 0 Å². The van der Waals surface area contributed by atoms with Crippen molar-refractivity contribution in [2.45, 2.75) is 58.1 Å². The summed E-state index contributed by atoms with van der Waals surface area (Å²) in [7, 11) is 1.95. The van der Waals surface area contributed by atoms with Gasteiger partial charge in [-0.05, 0) is 33.1 Å². The summed E-state index contributed by atoms with van der Waals surface area (Å²) in [5.41, 5.74) is 7.94. The quantitative estimate of drug-likeness (QED) is 0.878. The fourth-order valence-corrected chi connectivity index (χ4v) is 2.74. The zero-order valence-electron chi connectivity index (χ0n) is 12.5. The Kier molecular flexibility index (Phi) is 4.04. The molecule has 3 N–H and O–H groups in total. The van der Waals surface area contributed by atoms with Gasteiger partial charge in [0.25, 0.3) is 0 Å². The molecule has 108 valence electrons. The molecule has 0 amide bonds. The highest BCUT2D eigenvalue weighted by Gasteiger charge is 2.29. The summed E-state index contributed by atoms with van der Waals surface area (Å²) >= 11 is 0. The molecule has 2 heterocycles. The smallest absolute Gasteiger partial charge is 0.148 e. The van der Waals surface area contributed by atoms with Gasteiger partial charge < -0.3 is 15.8 Å². The topological polar surface area (TPSA) is 65.1 Å². The van der Waals surface area contributed by atoms with Gasteiger partial charge in [0.1, 0.15) is 5.82 Å². The first-order valence-electron chi connectivity index (χ1n) is 7.15. The van der Waals surface area contributed by atoms with Gasteiger partial charge in [0.15, 0.2) is 0 Å². The second-order valence-corrected chi connectivity index (χ2v) is 6.02. The van der Waals surface area contributed by atoms with Crippen molar-refractivity contribution >= 4 is 11.5 Å². The van der Waals surface area contributed by atoms with Gasteiger partial charge in [-0.15, -0.1) is 0 Å². The zero-order chi connectivity index (χ0) is 14.0. The first-order valence-corrected chi connectivity index (χ1v) is 7.15. The van der Waals surface area contributed by atoms with Gasteiger partial charge in [0.2, 0.25) is 0 Å². The fraction of sp³-hybridized carbons (Fsp3) is 0.786. The third kappa shape index (κ3) is 3.21. The highest BCUT2D eigenvalue weighted by molar-refractivity contribution is 5.65. The monoisotopic (exact) mass is 266 g/mol. The van der Waals surface area contributed by atoms with Crippen molar-refractivity contribution in [3.05, 3.63) is 5.69 Å². The third-order valence-corrected chi connectivity index (χ3v) is 3.69. The van der Waals surface area contributed by atoms with Crippen LogP contribution in [0, 0.1) is 0 Å². The van der Waals surface area contributed by atoms with Crippen LogP contribution in [-0.2, 0) is 18.2 Å². The molecule has 1 aromatic rings. The Balaban J connectivity index is 2.10. The fourth-order valence-electron chi connectivity index (χ4n) is 2.74. The van der Waals surface area contributed by atoms with Crippen LogP contribution in [-0.4, -0.2) is 28.0 Å². The molecule has 1 aliphatic heterocycles. The molecule has 19 heavy (non-hydrogen) atoms. The minimum Gasteiger partial charge on any atom is -0.394 e. The molecule has 2 rings (SSSR count). The standard InChI is InChI=1S/C14H26N4O/c1-5-6-11-12(15)13(18(4)17-11)16-10-7-8-19-14(2,3)9-10/h10,16H,5-9,15H2,1-4H3. The minimum atomic E-state index is -0.0600. The lowest BCUT2D eigenvalue weighted by Crippen LogP contribution is -2.40. The Labute approximate surface area is 115 Å². The molecular weight excluding hydrogens is 240 g/mol. The molecular formula is C14H26N4O. The van der Waals surface area contributed by atoms with E-state index in [0.29, 0.717) is 6.04 Å². The second-order valence-electron chi connectivity index (χ2n) is 6.02. The number of nitrogen functional groups attached to an aromatic ring is 1.